The van der Waals surface area contributed by atoms with Gasteiger partial charge in [-0.15, -0.1) is 0 Å². The van der Waals surface area contributed by atoms with Gasteiger partial charge in [0.1, 0.15) is 6.10 Å². The van der Waals surface area contributed by atoms with Crippen molar-refractivity contribution in [2.24, 2.45) is 5.92 Å². The van der Waals surface area contributed by atoms with Crippen LogP contribution in [0.5, 0.6) is 0 Å². The minimum atomic E-state index is -0.594. The van der Waals surface area contributed by atoms with E-state index in [0.29, 0.717) is 38.2 Å². The highest BCUT2D eigenvalue weighted by Crippen LogP contribution is 2.26. The summed E-state index contributed by atoms with van der Waals surface area (Å²) in [6.07, 6.45) is 22.7. The molecule has 3 heterocycles. The molecule has 0 saturated carbocycles. The zero-order valence-electron chi connectivity index (χ0n) is 21.3. The van der Waals surface area contributed by atoms with Crippen LogP contribution in [-0.4, -0.2) is 48.2 Å². The molecule has 5 nitrogen and oxygen atoms in total. The summed E-state index contributed by atoms with van der Waals surface area (Å²) in [5, 5.41) is 10.5. The van der Waals surface area contributed by atoms with Gasteiger partial charge in [-0.2, -0.15) is 0 Å². The van der Waals surface area contributed by atoms with Gasteiger partial charge >= 0.3 is 5.97 Å². The van der Waals surface area contributed by atoms with E-state index in [1.807, 2.05) is 18.2 Å². The summed E-state index contributed by atoms with van der Waals surface area (Å²) in [4.78, 5) is 12.5. The Morgan fingerprint density at radius 1 is 1.11 bits per heavy atom. The van der Waals surface area contributed by atoms with Crippen molar-refractivity contribution in [2.75, 3.05) is 6.61 Å². The number of aliphatic hydroxyl groups is 1. The van der Waals surface area contributed by atoms with Crippen LogP contribution in [0.1, 0.15) is 65.2 Å². The number of rotatable bonds is 3. The van der Waals surface area contributed by atoms with E-state index in [-0.39, 0.29) is 30.4 Å². The Balaban J connectivity index is 1.65. The molecular weight excluding hydrogens is 440 g/mol. The highest BCUT2D eigenvalue weighted by Gasteiger charge is 2.21. The summed E-state index contributed by atoms with van der Waals surface area (Å²) in [6, 6.07) is 0. The molecule has 0 amide bonds. The Kier molecular flexibility index (Phi) is 11.2. The van der Waals surface area contributed by atoms with E-state index in [9.17, 15) is 9.90 Å². The number of hydrogen-bond donors (Lipinski definition) is 1. The largest absolute Gasteiger partial charge is 0.459 e. The fourth-order valence-electron chi connectivity index (χ4n) is 4.85. The molecule has 2 bridgehead atoms. The molecule has 0 saturated heterocycles. The standard InChI is InChI=1S/C30H42O5/c1-22-16-17-33-28(20-22)13-5-11-27-9-4-8-25(31)19-23(2)18-24(3)21-29-14-6-10-26(34-29)12-7-15-30(32)35-27/h4-8,10,13,15-16,24-29,31H,2,9,11-12,14,17-21H2,1,3H3/b8-4+,13-5+,15-7-/t24?,25?,26-,27?,28?,29?/m0/s1. The van der Waals surface area contributed by atoms with Crippen molar-refractivity contribution in [3.8, 4) is 0 Å². The lowest BCUT2D eigenvalue weighted by Gasteiger charge is -2.28. The number of fused-ring (bicyclic) bond motifs is 2. The first-order valence-electron chi connectivity index (χ1n) is 13.0. The first-order chi connectivity index (χ1) is 16.9. The first kappa shape index (κ1) is 27.4. The van der Waals surface area contributed by atoms with Gasteiger partial charge in [0.15, 0.2) is 0 Å². The zero-order valence-corrected chi connectivity index (χ0v) is 21.3. The van der Waals surface area contributed by atoms with Crippen LogP contribution in [0, 0.1) is 5.92 Å². The Morgan fingerprint density at radius 2 is 1.94 bits per heavy atom. The number of carbonyl (C=O) groups is 1. The highest BCUT2D eigenvalue weighted by atomic mass is 16.5. The van der Waals surface area contributed by atoms with E-state index in [0.717, 1.165) is 31.3 Å². The van der Waals surface area contributed by atoms with Gasteiger partial charge in [-0.25, -0.2) is 4.79 Å². The third kappa shape index (κ3) is 10.5. The Labute approximate surface area is 210 Å². The molecule has 0 radical (unpaired) electrons. The maximum atomic E-state index is 12.5. The minimum Gasteiger partial charge on any atom is -0.459 e. The molecule has 0 spiro atoms. The Morgan fingerprint density at radius 3 is 2.77 bits per heavy atom. The molecule has 1 N–H and O–H groups in total. The lowest BCUT2D eigenvalue weighted by molar-refractivity contribution is -0.142. The van der Waals surface area contributed by atoms with E-state index < -0.39 is 6.10 Å². The van der Waals surface area contributed by atoms with Gasteiger partial charge in [0, 0.05) is 18.9 Å². The summed E-state index contributed by atoms with van der Waals surface area (Å²) in [5.41, 5.74) is 2.37. The van der Waals surface area contributed by atoms with Crippen LogP contribution < -0.4 is 0 Å². The van der Waals surface area contributed by atoms with Crippen molar-refractivity contribution in [1.82, 2.24) is 0 Å². The maximum Gasteiger partial charge on any atom is 0.330 e. The van der Waals surface area contributed by atoms with E-state index in [2.05, 4.69) is 44.7 Å². The number of ether oxygens (including phenoxy) is 3. The van der Waals surface area contributed by atoms with Crippen molar-refractivity contribution in [3.63, 3.8) is 0 Å². The van der Waals surface area contributed by atoms with Crippen LogP contribution in [0.3, 0.4) is 0 Å². The molecule has 5 heteroatoms. The summed E-state index contributed by atoms with van der Waals surface area (Å²) >= 11 is 0. The first-order valence-corrected chi connectivity index (χ1v) is 13.0. The van der Waals surface area contributed by atoms with Crippen LogP contribution >= 0.6 is 0 Å². The van der Waals surface area contributed by atoms with E-state index in [4.69, 9.17) is 14.2 Å². The molecule has 5 unspecified atom stereocenters. The molecule has 0 aromatic heterocycles. The summed E-state index contributed by atoms with van der Waals surface area (Å²) in [6.45, 7) is 9.15. The summed E-state index contributed by atoms with van der Waals surface area (Å²) in [5.74, 6) is 0.0771. The van der Waals surface area contributed by atoms with Gasteiger partial charge in [-0.05, 0) is 51.4 Å². The second-order valence-corrected chi connectivity index (χ2v) is 10.2. The molecule has 6 atom stereocenters. The number of aliphatic hydroxyl groups excluding tert-OH is 1. The molecule has 0 aromatic carbocycles. The zero-order chi connectivity index (χ0) is 25.0. The van der Waals surface area contributed by atoms with Crippen molar-refractivity contribution in [2.45, 2.75) is 95.7 Å². The third-order valence-corrected chi connectivity index (χ3v) is 6.59. The normalized spacial score (nSPS) is 35.6. The number of cyclic esters (lactones) is 1. The van der Waals surface area contributed by atoms with Crippen LogP contribution in [0.4, 0.5) is 0 Å². The predicted octanol–water partition coefficient (Wildman–Crippen LogP) is 5.92. The van der Waals surface area contributed by atoms with Crippen molar-refractivity contribution >= 4 is 5.97 Å². The molecule has 0 fully saturated rings. The lowest BCUT2D eigenvalue weighted by Crippen LogP contribution is -2.25. The van der Waals surface area contributed by atoms with Gasteiger partial charge in [0.05, 0.1) is 31.0 Å². The molecule has 0 aromatic rings. The smallest absolute Gasteiger partial charge is 0.330 e. The van der Waals surface area contributed by atoms with Crippen LogP contribution in [0.2, 0.25) is 0 Å². The number of carbonyl (C=O) groups excluding carboxylic acids is 1. The summed E-state index contributed by atoms with van der Waals surface area (Å²) < 4.78 is 17.7. The fraction of sp³-hybridized carbons (Fsp3) is 0.567. The maximum absolute atomic E-state index is 12.5. The van der Waals surface area contributed by atoms with Crippen molar-refractivity contribution < 1.29 is 24.1 Å². The molecule has 0 aliphatic carbocycles. The lowest BCUT2D eigenvalue weighted by atomic mass is 9.91. The van der Waals surface area contributed by atoms with Crippen LogP contribution in [0.15, 0.2) is 72.4 Å². The second kappa shape index (κ2) is 14.4. The monoisotopic (exact) mass is 482 g/mol. The highest BCUT2D eigenvalue weighted by molar-refractivity contribution is 5.82. The van der Waals surface area contributed by atoms with Crippen LogP contribution in [0.25, 0.3) is 0 Å². The molecule has 3 aliphatic rings. The minimum absolute atomic E-state index is 0.0245. The Hall–Kier alpha value is -2.21. The van der Waals surface area contributed by atoms with Crippen molar-refractivity contribution in [1.29, 1.82) is 0 Å². The predicted molar refractivity (Wildman–Crippen MR) is 140 cm³/mol. The van der Waals surface area contributed by atoms with E-state index >= 15 is 0 Å². The molecule has 192 valence electrons. The number of esters is 1. The van der Waals surface area contributed by atoms with Crippen LogP contribution in [-0.2, 0) is 19.0 Å². The topological polar surface area (TPSA) is 65.0 Å². The second-order valence-electron chi connectivity index (χ2n) is 10.2. The van der Waals surface area contributed by atoms with Crippen molar-refractivity contribution in [3.05, 3.63) is 72.4 Å². The molecule has 35 heavy (non-hydrogen) atoms. The molecular formula is C30H42O5. The average Bonchev–Trinajstić information content (AvgIpc) is 2.78. The van der Waals surface area contributed by atoms with Gasteiger partial charge in [-0.3, -0.25) is 0 Å². The van der Waals surface area contributed by atoms with Gasteiger partial charge in [0.25, 0.3) is 0 Å². The number of hydrogen-bond acceptors (Lipinski definition) is 5. The third-order valence-electron chi connectivity index (χ3n) is 6.59. The average molecular weight is 483 g/mol. The molecule has 3 aliphatic heterocycles. The SMILES string of the molecule is C=C1CC(O)/C=C/CC(C/C=C/C2CC(C)=CCO2)OC(=O)/C=C\C[C@@H]2C=CCC(CC(C)C1)O2. The van der Waals surface area contributed by atoms with Gasteiger partial charge in [-0.1, -0.05) is 73.3 Å². The fourth-order valence-corrected chi connectivity index (χ4v) is 4.85. The Bertz CT molecular complexity index is 849. The summed E-state index contributed by atoms with van der Waals surface area (Å²) in [7, 11) is 0. The quantitative estimate of drug-likeness (QED) is 0.399. The van der Waals surface area contributed by atoms with E-state index in [1.54, 1.807) is 6.08 Å². The van der Waals surface area contributed by atoms with E-state index in [1.165, 1.54) is 11.6 Å². The van der Waals surface area contributed by atoms with Gasteiger partial charge in [0.2, 0.25) is 0 Å². The van der Waals surface area contributed by atoms with Gasteiger partial charge < -0.3 is 19.3 Å². The molecule has 3 rings (SSSR count).